The highest BCUT2D eigenvalue weighted by atomic mass is 19.1. The van der Waals surface area contributed by atoms with Gasteiger partial charge in [-0.2, -0.15) is 4.98 Å². The Morgan fingerprint density at radius 1 is 1.23 bits per heavy atom. The number of phenols is 1. The van der Waals surface area contributed by atoms with Crippen molar-refractivity contribution in [3.8, 4) is 28.3 Å². The number of hydrogen-bond donors (Lipinski definition) is 1. The number of ether oxygens (including phenoxy) is 1. The number of aryl methyl sites for hydroxylation is 1. The molecule has 9 nitrogen and oxygen atoms in total. The summed E-state index contributed by atoms with van der Waals surface area (Å²) >= 11 is 0. The lowest BCUT2D eigenvalue weighted by Crippen LogP contribution is -2.60. The molecule has 0 radical (unpaired) electrons. The van der Waals surface area contributed by atoms with E-state index in [-0.39, 0.29) is 64.1 Å². The molecular formula is C33H33F2N5O4. The molecule has 0 aliphatic carbocycles. The average molecular weight is 602 g/mol. The van der Waals surface area contributed by atoms with E-state index < -0.39 is 23.1 Å². The summed E-state index contributed by atoms with van der Waals surface area (Å²) in [4.78, 5) is 39.5. The van der Waals surface area contributed by atoms with Crippen LogP contribution in [0.2, 0.25) is 0 Å². The third-order valence-corrected chi connectivity index (χ3v) is 8.46. The van der Waals surface area contributed by atoms with E-state index in [0.29, 0.717) is 30.9 Å². The van der Waals surface area contributed by atoms with E-state index in [1.165, 1.54) is 28.8 Å². The smallest absolute Gasteiger partial charge is 0.354 e. The van der Waals surface area contributed by atoms with Gasteiger partial charge in [0.25, 0.3) is 0 Å². The van der Waals surface area contributed by atoms with Gasteiger partial charge in [-0.3, -0.25) is 14.3 Å². The Morgan fingerprint density at radius 2 is 2.00 bits per heavy atom. The Hall–Kier alpha value is -4.80. The minimum Gasteiger partial charge on any atom is -0.507 e. The largest absolute Gasteiger partial charge is 0.507 e. The van der Waals surface area contributed by atoms with E-state index in [2.05, 4.69) is 16.5 Å². The number of halogens is 2. The minimum atomic E-state index is -0.885. The summed E-state index contributed by atoms with van der Waals surface area (Å²) < 4.78 is 39.3. The summed E-state index contributed by atoms with van der Waals surface area (Å²) in [6.07, 6.45) is 3.33. The van der Waals surface area contributed by atoms with Gasteiger partial charge in [-0.1, -0.05) is 26.5 Å². The van der Waals surface area contributed by atoms with E-state index in [1.54, 1.807) is 17.2 Å². The second-order valence-corrected chi connectivity index (χ2v) is 11.7. The van der Waals surface area contributed by atoms with Gasteiger partial charge in [-0.05, 0) is 55.7 Å². The Kier molecular flexibility index (Phi) is 7.35. The molecule has 2 aliphatic rings. The maximum absolute atomic E-state index is 16.6. The predicted molar refractivity (Wildman–Crippen MR) is 164 cm³/mol. The maximum Gasteiger partial charge on any atom is 0.354 e. The zero-order valence-corrected chi connectivity index (χ0v) is 25.0. The van der Waals surface area contributed by atoms with Crippen LogP contribution in [-0.2, 0) is 4.79 Å². The normalized spacial score (nSPS) is 18.1. The highest BCUT2D eigenvalue weighted by molar-refractivity contribution is 6.00. The van der Waals surface area contributed by atoms with E-state index in [0.717, 1.165) is 11.6 Å². The molecule has 0 saturated carbocycles. The number of amides is 1. The van der Waals surface area contributed by atoms with Crippen LogP contribution in [0.25, 0.3) is 27.7 Å². The molecule has 4 heterocycles. The van der Waals surface area contributed by atoms with Crippen LogP contribution in [0.5, 0.6) is 11.5 Å². The standard InChI is InChI=1S/C33H33F2N5O4/c1-6-25(42)38-15-19(5)39-20(16-38)11-13-44-31-27-23(14-21(28(31)35)26-22(34)8-7-9-24(26)41)40(33(43)37-32(27)39)30-18(4)10-12-36-29(30)17(2)3/h6-10,12,14,17,19-20,41H,1,11,13,15-16H2,2-5H3. The van der Waals surface area contributed by atoms with Crippen molar-refractivity contribution in [1.29, 1.82) is 0 Å². The number of pyridine rings is 1. The summed E-state index contributed by atoms with van der Waals surface area (Å²) in [5.41, 5.74) is 0.834. The van der Waals surface area contributed by atoms with Crippen molar-refractivity contribution >= 4 is 22.6 Å². The number of piperazine rings is 1. The topological polar surface area (TPSA) is 101 Å². The number of fused-ring (bicyclic) bond motifs is 2. The first-order valence-corrected chi connectivity index (χ1v) is 14.6. The summed E-state index contributed by atoms with van der Waals surface area (Å²) in [7, 11) is 0. The van der Waals surface area contributed by atoms with Crippen molar-refractivity contribution in [2.24, 2.45) is 0 Å². The van der Waals surface area contributed by atoms with E-state index >= 15 is 8.78 Å². The lowest BCUT2D eigenvalue weighted by Gasteiger charge is -2.47. The molecule has 1 amide bonds. The van der Waals surface area contributed by atoms with Gasteiger partial charge in [0.1, 0.15) is 17.4 Å². The van der Waals surface area contributed by atoms with Crippen molar-refractivity contribution in [1.82, 2.24) is 19.4 Å². The number of carbonyl (C=O) groups excluding carboxylic acids is 1. The number of aromatic nitrogens is 3. The van der Waals surface area contributed by atoms with Crippen molar-refractivity contribution < 1.29 is 23.4 Å². The maximum atomic E-state index is 16.6. The van der Waals surface area contributed by atoms with Crippen LogP contribution < -0.4 is 15.3 Å². The molecule has 44 heavy (non-hydrogen) atoms. The number of aromatic hydroxyl groups is 1. The zero-order valence-electron chi connectivity index (χ0n) is 25.0. The molecule has 4 aromatic rings. The molecule has 0 spiro atoms. The molecule has 1 fully saturated rings. The predicted octanol–water partition coefficient (Wildman–Crippen LogP) is 5.24. The fraction of sp³-hybridized carbons (Fsp3) is 0.333. The molecule has 1 saturated heterocycles. The number of anilines is 1. The number of benzene rings is 2. The first-order chi connectivity index (χ1) is 21.0. The SMILES string of the molecule is C=CC(=O)N1CC(C)N2c3nc(=O)n(-c4c(C)ccnc4C(C)C)c4cc(-c5c(O)cccc5F)c(F)c(c34)OCCC2C1. The Bertz CT molecular complexity index is 1870. The third kappa shape index (κ3) is 4.58. The van der Waals surface area contributed by atoms with Gasteiger partial charge in [-0.25, -0.2) is 13.6 Å². The fourth-order valence-corrected chi connectivity index (χ4v) is 6.50. The first kappa shape index (κ1) is 29.3. The third-order valence-electron chi connectivity index (χ3n) is 8.46. The summed E-state index contributed by atoms with van der Waals surface area (Å²) in [6.45, 7) is 12.0. The monoisotopic (exact) mass is 601 g/mol. The first-order valence-electron chi connectivity index (χ1n) is 14.6. The van der Waals surface area contributed by atoms with Crippen LogP contribution in [0.1, 0.15) is 44.4 Å². The van der Waals surface area contributed by atoms with Crippen molar-refractivity contribution in [3.05, 3.63) is 82.6 Å². The fourth-order valence-electron chi connectivity index (χ4n) is 6.50. The quantitative estimate of drug-likeness (QED) is 0.320. The molecule has 0 bridgehead atoms. The Balaban J connectivity index is 1.74. The Morgan fingerprint density at radius 3 is 2.70 bits per heavy atom. The summed E-state index contributed by atoms with van der Waals surface area (Å²) in [6, 6.07) is 6.30. The minimum absolute atomic E-state index is 0.0739. The van der Waals surface area contributed by atoms with Crippen LogP contribution >= 0.6 is 0 Å². The van der Waals surface area contributed by atoms with Crippen LogP contribution in [0.3, 0.4) is 0 Å². The van der Waals surface area contributed by atoms with Gasteiger partial charge in [0, 0.05) is 37.3 Å². The van der Waals surface area contributed by atoms with Gasteiger partial charge in [0.05, 0.1) is 40.5 Å². The van der Waals surface area contributed by atoms with Crippen LogP contribution in [0.15, 0.2) is 54.0 Å². The number of phenolic OH excluding ortho intramolecular Hbond substituents is 1. The molecule has 2 aromatic heterocycles. The zero-order chi connectivity index (χ0) is 31.4. The molecule has 2 aliphatic heterocycles. The average Bonchev–Trinajstić information content (AvgIpc) is 2.97. The van der Waals surface area contributed by atoms with E-state index in [4.69, 9.17) is 4.74 Å². The number of rotatable bonds is 4. The van der Waals surface area contributed by atoms with E-state index in [9.17, 15) is 14.7 Å². The Labute approximate surface area is 253 Å². The summed E-state index contributed by atoms with van der Waals surface area (Å²) in [5.74, 6) is -2.44. The van der Waals surface area contributed by atoms with Gasteiger partial charge in [-0.15, -0.1) is 0 Å². The molecule has 2 atom stereocenters. The lowest BCUT2D eigenvalue weighted by molar-refractivity contribution is -0.127. The highest BCUT2D eigenvalue weighted by Crippen LogP contribution is 2.45. The second-order valence-electron chi connectivity index (χ2n) is 11.7. The number of nitrogens with zero attached hydrogens (tertiary/aromatic N) is 5. The molecule has 11 heteroatoms. The van der Waals surface area contributed by atoms with Gasteiger partial charge < -0.3 is 19.6 Å². The number of hydrogen-bond acceptors (Lipinski definition) is 7. The molecule has 2 aromatic carbocycles. The van der Waals surface area contributed by atoms with Crippen molar-refractivity contribution in [2.75, 3.05) is 24.6 Å². The van der Waals surface area contributed by atoms with Crippen molar-refractivity contribution in [3.63, 3.8) is 0 Å². The second kappa shape index (κ2) is 11.0. The number of carbonyl (C=O) groups is 1. The van der Waals surface area contributed by atoms with Crippen LogP contribution in [0, 0.1) is 18.6 Å². The molecular weight excluding hydrogens is 568 g/mol. The van der Waals surface area contributed by atoms with Crippen molar-refractivity contribution in [2.45, 2.75) is 52.1 Å². The summed E-state index contributed by atoms with van der Waals surface area (Å²) in [5, 5.41) is 10.9. The molecule has 228 valence electrons. The molecule has 2 unspecified atom stereocenters. The van der Waals surface area contributed by atoms with Gasteiger partial charge in [0.15, 0.2) is 11.6 Å². The molecule has 1 N–H and O–H groups in total. The highest BCUT2D eigenvalue weighted by Gasteiger charge is 2.39. The van der Waals surface area contributed by atoms with Crippen LogP contribution in [-0.4, -0.2) is 62.2 Å². The van der Waals surface area contributed by atoms with Gasteiger partial charge >= 0.3 is 5.69 Å². The lowest BCUT2D eigenvalue weighted by atomic mass is 9.97. The van der Waals surface area contributed by atoms with E-state index in [1.807, 2.05) is 32.6 Å². The van der Waals surface area contributed by atoms with Gasteiger partial charge in [0.2, 0.25) is 5.91 Å². The van der Waals surface area contributed by atoms with Crippen LogP contribution in [0.4, 0.5) is 14.6 Å². The molecule has 6 rings (SSSR count).